The van der Waals surface area contributed by atoms with Crippen LogP contribution in [0.3, 0.4) is 0 Å². The predicted molar refractivity (Wildman–Crippen MR) is 66.4 cm³/mol. The molecule has 1 atom stereocenters. The topological polar surface area (TPSA) is 0 Å². The van der Waals surface area contributed by atoms with E-state index >= 15 is 0 Å². The summed E-state index contributed by atoms with van der Waals surface area (Å²) in [5.41, 5.74) is 0. The van der Waals surface area contributed by atoms with E-state index in [2.05, 4.69) is 27.2 Å². The van der Waals surface area contributed by atoms with Crippen molar-refractivity contribution in [3.63, 3.8) is 0 Å². The van der Waals surface area contributed by atoms with Crippen molar-refractivity contribution in [3.8, 4) is 0 Å². The number of hydrogen-bond donors (Lipinski definition) is 0. The SMILES string of the molecule is C[CH]C(CC)CCCCCCCCC. The minimum atomic E-state index is 0.880. The summed E-state index contributed by atoms with van der Waals surface area (Å²) in [4.78, 5) is 0. The van der Waals surface area contributed by atoms with E-state index in [9.17, 15) is 0 Å². The highest BCUT2D eigenvalue weighted by atomic mass is 14.1. The molecule has 14 heavy (non-hydrogen) atoms. The molecule has 0 amide bonds. The summed E-state index contributed by atoms with van der Waals surface area (Å²) in [6, 6.07) is 0. The van der Waals surface area contributed by atoms with E-state index in [1.165, 1.54) is 57.8 Å². The van der Waals surface area contributed by atoms with Crippen LogP contribution in [0.25, 0.3) is 0 Å². The van der Waals surface area contributed by atoms with Gasteiger partial charge in [0.15, 0.2) is 0 Å². The Bertz CT molecular complexity index is 92.2. The van der Waals surface area contributed by atoms with Gasteiger partial charge in [-0.15, -0.1) is 0 Å². The Morgan fingerprint density at radius 3 is 1.93 bits per heavy atom. The molecule has 0 saturated carbocycles. The minimum absolute atomic E-state index is 0.880. The van der Waals surface area contributed by atoms with Gasteiger partial charge in [0.25, 0.3) is 0 Å². The van der Waals surface area contributed by atoms with Crippen LogP contribution >= 0.6 is 0 Å². The quantitative estimate of drug-likeness (QED) is 0.413. The van der Waals surface area contributed by atoms with E-state index in [1.807, 2.05) is 0 Å². The van der Waals surface area contributed by atoms with Crippen molar-refractivity contribution < 1.29 is 0 Å². The van der Waals surface area contributed by atoms with Gasteiger partial charge in [-0.05, 0) is 12.3 Å². The fraction of sp³-hybridized carbons (Fsp3) is 0.929. The third kappa shape index (κ3) is 8.59. The minimum Gasteiger partial charge on any atom is -0.0654 e. The van der Waals surface area contributed by atoms with Gasteiger partial charge in [0.05, 0.1) is 0 Å². The van der Waals surface area contributed by atoms with Crippen molar-refractivity contribution in [1.29, 1.82) is 0 Å². The summed E-state index contributed by atoms with van der Waals surface area (Å²) in [5.74, 6) is 0.880. The summed E-state index contributed by atoms with van der Waals surface area (Å²) in [5, 5.41) is 0. The maximum atomic E-state index is 2.37. The summed E-state index contributed by atoms with van der Waals surface area (Å²) >= 11 is 0. The molecule has 0 aliphatic heterocycles. The normalized spacial score (nSPS) is 11.1. The van der Waals surface area contributed by atoms with Crippen LogP contribution in [-0.2, 0) is 0 Å². The lowest BCUT2D eigenvalue weighted by Crippen LogP contribution is -1.96. The summed E-state index contributed by atoms with van der Waals surface area (Å²) in [6.45, 7) is 6.78. The Morgan fingerprint density at radius 1 is 0.857 bits per heavy atom. The van der Waals surface area contributed by atoms with E-state index in [4.69, 9.17) is 0 Å². The van der Waals surface area contributed by atoms with Crippen molar-refractivity contribution in [2.24, 2.45) is 5.92 Å². The van der Waals surface area contributed by atoms with Gasteiger partial charge in [-0.3, -0.25) is 0 Å². The molecule has 0 nitrogen and oxygen atoms in total. The molecule has 0 N–H and O–H groups in total. The molecule has 0 spiro atoms. The van der Waals surface area contributed by atoms with Gasteiger partial charge in [-0.2, -0.15) is 0 Å². The predicted octanol–water partition coefficient (Wildman–Crippen LogP) is 5.38. The Labute approximate surface area is 91.5 Å². The number of hydrogen-bond acceptors (Lipinski definition) is 0. The molecule has 0 heterocycles. The zero-order valence-corrected chi connectivity index (χ0v) is 10.5. The highest BCUT2D eigenvalue weighted by Crippen LogP contribution is 2.17. The standard InChI is InChI=1S/C14H29/c1-4-7-8-9-10-11-12-13-14(5-2)6-3/h5,14H,4,6-13H2,1-3H3. The first-order chi connectivity index (χ1) is 6.85. The first kappa shape index (κ1) is 14.0. The second-order valence-corrected chi connectivity index (χ2v) is 4.41. The Hall–Kier alpha value is 0. The van der Waals surface area contributed by atoms with Crippen molar-refractivity contribution in [3.05, 3.63) is 6.42 Å². The molecule has 0 fully saturated rings. The van der Waals surface area contributed by atoms with Crippen LogP contribution in [0.1, 0.15) is 78.6 Å². The molecule has 85 valence electrons. The lowest BCUT2D eigenvalue weighted by Gasteiger charge is -2.10. The number of rotatable bonds is 10. The van der Waals surface area contributed by atoms with Gasteiger partial charge in [-0.1, -0.05) is 78.6 Å². The monoisotopic (exact) mass is 197 g/mol. The molecule has 0 aliphatic carbocycles. The van der Waals surface area contributed by atoms with Crippen molar-refractivity contribution in [2.45, 2.75) is 78.6 Å². The van der Waals surface area contributed by atoms with E-state index in [0.29, 0.717) is 0 Å². The molecule has 0 saturated heterocycles. The van der Waals surface area contributed by atoms with Crippen LogP contribution in [0.4, 0.5) is 0 Å². The van der Waals surface area contributed by atoms with E-state index < -0.39 is 0 Å². The zero-order valence-electron chi connectivity index (χ0n) is 10.5. The van der Waals surface area contributed by atoms with Crippen LogP contribution < -0.4 is 0 Å². The highest BCUT2D eigenvalue weighted by Gasteiger charge is 2.02. The molecule has 0 aromatic rings. The fourth-order valence-electron chi connectivity index (χ4n) is 1.97. The van der Waals surface area contributed by atoms with E-state index in [0.717, 1.165) is 5.92 Å². The average molecular weight is 197 g/mol. The number of unbranched alkanes of at least 4 members (excludes halogenated alkanes) is 6. The smallest absolute Gasteiger partial charge is 0.0386 e. The Balaban J connectivity index is 3.04. The van der Waals surface area contributed by atoms with Crippen LogP contribution in [0.2, 0.25) is 0 Å². The molecule has 0 aromatic carbocycles. The molecular weight excluding hydrogens is 168 g/mol. The summed E-state index contributed by atoms with van der Waals surface area (Å²) in [7, 11) is 0. The summed E-state index contributed by atoms with van der Waals surface area (Å²) in [6.07, 6.45) is 15.2. The fourth-order valence-corrected chi connectivity index (χ4v) is 1.97. The van der Waals surface area contributed by atoms with Crippen LogP contribution in [0.15, 0.2) is 0 Å². The van der Waals surface area contributed by atoms with Crippen LogP contribution in [0, 0.1) is 12.3 Å². The van der Waals surface area contributed by atoms with E-state index in [-0.39, 0.29) is 0 Å². The van der Waals surface area contributed by atoms with Crippen molar-refractivity contribution in [1.82, 2.24) is 0 Å². The Kier molecular flexibility index (Phi) is 11.1. The van der Waals surface area contributed by atoms with Crippen molar-refractivity contribution in [2.75, 3.05) is 0 Å². The molecule has 1 radical (unpaired) electrons. The molecule has 1 unspecified atom stereocenters. The largest absolute Gasteiger partial charge is 0.0654 e. The van der Waals surface area contributed by atoms with Gasteiger partial charge in [0.1, 0.15) is 0 Å². The Morgan fingerprint density at radius 2 is 1.43 bits per heavy atom. The molecule has 0 aliphatic rings. The summed E-state index contributed by atoms with van der Waals surface area (Å²) < 4.78 is 0. The van der Waals surface area contributed by atoms with Gasteiger partial charge in [0.2, 0.25) is 0 Å². The van der Waals surface area contributed by atoms with Gasteiger partial charge >= 0.3 is 0 Å². The van der Waals surface area contributed by atoms with E-state index in [1.54, 1.807) is 0 Å². The van der Waals surface area contributed by atoms with Gasteiger partial charge in [-0.25, -0.2) is 0 Å². The average Bonchev–Trinajstić information content (AvgIpc) is 2.22. The third-order valence-electron chi connectivity index (χ3n) is 3.17. The van der Waals surface area contributed by atoms with Crippen molar-refractivity contribution >= 4 is 0 Å². The first-order valence-electron chi connectivity index (χ1n) is 6.64. The molecule has 0 rings (SSSR count). The molecule has 0 bridgehead atoms. The second-order valence-electron chi connectivity index (χ2n) is 4.41. The molecule has 0 heteroatoms. The maximum absolute atomic E-state index is 2.37. The van der Waals surface area contributed by atoms with Gasteiger partial charge < -0.3 is 0 Å². The first-order valence-corrected chi connectivity index (χ1v) is 6.64. The zero-order chi connectivity index (χ0) is 10.6. The van der Waals surface area contributed by atoms with Gasteiger partial charge in [0, 0.05) is 0 Å². The highest BCUT2D eigenvalue weighted by molar-refractivity contribution is 4.69. The lowest BCUT2D eigenvalue weighted by atomic mass is 9.96. The molecule has 0 aromatic heterocycles. The maximum Gasteiger partial charge on any atom is -0.0386 e. The van der Waals surface area contributed by atoms with Crippen LogP contribution in [0.5, 0.6) is 0 Å². The van der Waals surface area contributed by atoms with Crippen LogP contribution in [-0.4, -0.2) is 0 Å². The second kappa shape index (κ2) is 11.1. The molecular formula is C14H29. The lowest BCUT2D eigenvalue weighted by molar-refractivity contribution is 0.485. The third-order valence-corrected chi connectivity index (χ3v) is 3.17.